The minimum atomic E-state index is -0.965. The van der Waals surface area contributed by atoms with Gasteiger partial charge in [-0.15, -0.1) is 0 Å². The summed E-state index contributed by atoms with van der Waals surface area (Å²) in [6.07, 6.45) is 0.611. The van der Waals surface area contributed by atoms with Crippen molar-refractivity contribution in [2.24, 2.45) is 0 Å². The number of esters is 1. The molecule has 1 amide bonds. The molecule has 0 spiro atoms. The number of ether oxygens (including phenoxy) is 2. The number of aryl methyl sites for hydroxylation is 1. The standard InChI is InChI=1S/C25H23NO5/c1-15-8-10-21(29-3)20(12-15)26-25(28)16(2)31-23(27)13-18-14-30-22-11-9-17-6-4-5-7-19(17)24(18)22/h4-12,14,16H,13H2,1-3H3,(H,26,28)/t16-/m1/s1. The number of amides is 1. The molecule has 158 valence electrons. The lowest BCUT2D eigenvalue weighted by atomic mass is 10.0. The molecule has 4 aromatic rings. The molecule has 0 aliphatic carbocycles. The molecule has 31 heavy (non-hydrogen) atoms. The first kappa shape index (κ1) is 20.5. The highest BCUT2D eigenvalue weighted by molar-refractivity contribution is 6.08. The van der Waals surface area contributed by atoms with Gasteiger partial charge in [0.2, 0.25) is 0 Å². The van der Waals surface area contributed by atoms with Crippen molar-refractivity contribution in [3.63, 3.8) is 0 Å². The van der Waals surface area contributed by atoms with Crippen LogP contribution in [0.25, 0.3) is 21.7 Å². The third kappa shape index (κ3) is 4.23. The van der Waals surface area contributed by atoms with Crippen LogP contribution in [-0.2, 0) is 20.7 Å². The summed E-state index contributed by atoms with van der Waals surface area (Å²) in [7, 11) is 1.53. The largest absolute Gasteiger partial charge is 0.495 e. The van der Waals surface area contributed by atoms with Crippen molar-refractivity contribution in [1.29, 1.82) is 0 Å². The fourth-order valence-corrected chi connectivity index (χ4v) is 3.61. The van der Waals surface area contributed by atoms with Crippen LogP contribution in [0.2, 0.25) is 0 Å². The van der Waals surface area contributed by atoms with Crippen LogP contribution < -0.4 is 10.1 Å². The van der Waals surface area contributed by atoms with E-state index in [1.54, 1.807) is 25.3 Å². The Kier molecular flexibility index (Phi) is 5.62. The van der Waals surface area contributed by atoms with E-state index in [9.17, 15) is 9.59 Å². The zero-order valence-corrected chi connectivity index (χ0v) is 17.6. The zero-order chi connectivity index (χ0) is 22.0. The Hall–Kier alpha value is -3.80. The molecule has 0 aliphatic rings. The zero-order valence-electron chi connectivity index (χ0n) is 17.6. The first-order valence-electron chi connectivity index (χ1n) is 9.99. The maximum absolute atomic E-state index is 12.6. The Morgan fingerprint density at radius 1 is 1.10 bits per heavy atom. The van der Waals surface area contributed by atoms with Gasteiger partial charge in [-0.2, -0.15) is 0 Å². The van der Waals surface area contributed by atoms with E-state index in [4.69, 9.17) is 13.9 Å². The average Bonchev–Trinajstić information content (AvgIpc) is 3.17. The van der Waals surface area contributed by atoms with E-state index in [-0.39, 0.29) is 6.42 Å². The number of hydrogen-bond acceptors (Lipinski definition) is 5. The first-order chi connectivity index (χ1) is 15.0. The van der Waals surface area contributed by atoms with Crippen LogP contribution in [0.4, 0.5) is 5.69 Å². The molecule has 0 saturated carbocycles. The molecule has 0 radical (unpaired) electrons. The van der Waals surface area contributed by atoms with Crippen molar-refractivity contribution in [3.8, 4) is 5.75 Å². The third-order valence-corrected chi connectivity index (χ3v) is 5.17. The second-order valence-electron chi connectivity index (χ2n) is 7.42. The summed E-state index contributed by atoms with van der Waals surface area (Å²) in [6, 6.07) is 17.2. The summed E-state index contributed by atoms with van der Waals surface area (Å²) in [6.45, 7) is 3.45. The van der Waals surface area contributed by atoms with E-state index < -0.39 is 18.0 Å². The van der Waals surface area contributed by atoms with Crippen LogP contribution in [0.3, 0.4) is 0 Å². The lowest BCUT2D eigenvalue weighted by molar-refractivity contribution is -0.152. The highest BCUT2D eigenvalue weighted by Gasteiger charge is 2.21. The molecule has 4 rings (SSSR count). The summed E-state index contributed by atoms with van der Waals surface area (Å²) >= 11 is 0. The number of rotatable bonds is 6. The number of benzene rings is 3. The van der Waals surface area contributed by atoms with E-state index >= 15 is 0 Å². The van der Waals surface area contributed by atoms with Crippen molar-refractivity contribution >= 4 is 39.3 Å². The summed E-state index contributed by atoms with van der Waals surface area (Å²) in [5.41, 5.74) is 2.94. The van der Waals surface area contributed by atoms with Crippen molar-refractivity contribution < 1.29 is 23.5 Å². The summed E-state index contributed by atoms with van der Waals surface area (Å²) in [5.74, 6) is -0.400. The molecule has 1 aromatic heterocycles. The Bertz CT molecular complexity index is 1270. The SMILES string of the molecule is COc1ccc(C)cc1NC(=O)[C@@H](C)OC(=O)Cc1coc2ccc3ccccc3c12. The molecule has 1 N–H and O–H groups in total. The summed E-state index contributed by atoms with van der Waals surface area (Å²) in [5, 5.41) is 5.72. The Morgan fingerprint density at radius 3 is 2.71 bits per heavy atom. The van der Waals surface area contributed by atoms with Crippen molar-refractivity contribution in [1.82, 2.24) is 0 Å². The predicted octanol–water partition coefficient (Wildman–Crippen LogP) is 5.02. The molecular weight excluding hydrogens is 394 g/mol. The molecule has 6 nitrogen and oxygen atoms in total. The van der Waals surface area contributed by atoms with Gasteiger partial charge in [-0.1, -0.05) is 36.4 Å². The number of methoxy groups -OCH3 is 1. The fraction of sp³-hybridized carbons (Fsp3) is 0.200. The smallest absolute Gasteiger partial charge is 0.311 e. The van der Waals surface area contributed by atoms with E-state index in [1.165, 1.54) is 7.11 Å². The van der Waals surface area contributed by atoms with Crippen LogP contribution in [0.5, 0.6) is 5.75 Å². The number of hydrogen-bond donors (Lipinski definition) is 1. The third-order valence-electron chi connectivity index (χ3n) is 5.17. The normalized spacial score (nSPS) is 12.0. The fourth-order valence-electron chi connectivity index (χ4n) is 3.61. The number of carbonyl (C=O) groups excluding carboxylic acids is 2. The van der Waals surface area contributed by atoms with E-state index in [2.05, 4.69) is 5.32 Å². The Labute approximate surface area is 179 Å². The molecule has 3 aromatic carbocycles. The summed E-state index contributed by atoms with van der Waals surface area (Å²) in [4.78, 5) is 25.1. The van der Waals surface area contributed by atoms with Crippen LogP contribution in [0.1, 0.15) is 18.1 Å². The Balaban J connectivity index is 1.47. The molecule has 0 bridgehead atoms. The predicted molar refractivity (Wildman–Crippen MR) is 119 cm³/mol. The number of fused-ring (bicyclic) bond motifs is 3. The lowest BCUT2D eigenvalue weighted by Crippen LogP contribution is -2.30. The molecule has 0 unspecified atom stereocenters. The van der Waals surface area contributed by atoms with Crippen molar-refractivity contribution in [2.75, 3.05) is 12.4 Å². The molecule has 0 aliphatic heterocycles. The molecular formula is C25H23NO5. The van der Waals surface area contributed by atoms with Gasteiger partial charge in [0.15, 0.2) is 6.10 Å². The molecule has 0 saturated heterocycles. The topological polar surface area (TPSA) is 77.8 Å². The van der Waals surface area contributed by atoms with Gasteiger partial charge >= 0.3 is 5.97 Å². The number of nitrogens with one attached hydrogen (secondary N) is 1. The number of carbonyl (C=O) groups is 2. The van der Waals surface area contributed by atoms with Crippen LogP contribution in [-0.4, -0.2) is 25.1 Å². The van der Waals surface area contributed by atoms with Crippen LogP contribution >= 0.6 is 0 Å². The molecule has 6 heteroatoms. The second kappa shape index (κ2) is 8.52. The van der Waals surface area contributed by atoms with E-state index in [0.29, 0.717) is 17.0 Å². The van der Waals surface area contributed by atoms with Gasteiger partial charge in [0.1, 0.15) is 11.3 Å². The first-order valence-corrected chi connectivity index (χ1v) is 9.99. The average molecular weight is 417 g/mol. The van der Waals surface area contributed by atoms with Gasteiger partial charge in [-0.3, -0.25) is 9.59 Å². The minimum Gasteiger partial charge on any atom is -0.495 e. The highest BCUT2D eigenvalue weighted by atomic mass is 16.5. The van der Waals surface area contributed by atoms with Gasteiger partial charge in [0.05, 0.1) is 25.5 Å². The number of anilines is 1. The van der Waals surface area contributed by atoms with Gasteiger partial charge in [-0.25, -0.2) is 0 Å². The van der Waals surface area contributed by atoms with Crippen molar-refractivity contribution in [2.45, 2.75) is 26.4 Å². The van der Waals surface area contributed by atoms with Crippen molar-refractivity contribution in [3.05, 3.63) is 72.0 Å². The molecule has 0 fully saturated rings. The van der Waals surface area contributed by atoms with Gasteiger partial charge in [0, 0.05) is 10.9 Å². The monoisotopic (exact) mass is 417 g/mol. The minimum absolute atomic E-state index is 0.00634. The quantitative estimate of drug-likeness (QED) is 0.446. The lowest BCUT2D eigenvalue weighted by Gasteiger charge is -2.15. The van der Waals surface area contributed by atoms with Gasteiger partial charge in [-0.05, 0) is 48.4 Å². The summed E-state index contributed by atoms with van der Waals surface area (Å²) < 4.78 is 16.3. The molecule has 1 atom stereocenters. The Morgan fingerprint density at radius 2 is 1.90 bits per heavy atom. The van der Waals surface area contributed by atoms with E-state index in [0.717, 1.165) is 27.3 Å². The van der Waals surface area contributed by atoms with E-state index in [1.807, 2.05) is 49.4 Å². The van der Waals surface area contributed by atoms with Gasteiger partial charge < -0.3 is 19.2 Å². The maximum atomic E-state index is 12.6. The highest BCUT2D eigenvalue weighted by Crippen LogP contribution is 2.30. The van der Waals surface area contributed by atoms with Crippen LogP contribution in [0, 0.1) is 6.92 Å². The number of furan rings is 1. The second-order valence-corrected chi connectivity index (χ2v) is 7.42. The van der Waals surface area contributed by atoms with Crippen LogP contribution in [0.15, 0.2) is 65.3 Å². The van der Waals surface area contributed by atoms with Gasteiger partial charge in [0.25, 0.3) is 5.91 Å². The maximum Gasteiger partial charge on any atom is 0.311 e. The molecule has 1 heterocycles.